The molecule has 0 saturated heterocycles. The molecule has 0 aliphatic rings. The highest BCUT2D eigenvalue weighted by molar-refractivity contribution is 5.87. The summed E-state index contributed by atoms with van der Waals surface area (Å²) in [7, 11) is 0. The molecule has 1 aromatic rings. The molecule has 0 radical (unpaired) electrons. The second-order valence-electron chi connectivity index (χ2n) is 2.63. The Bertz CT molecular complexity index is 465. The minimum absolute atomic E-state index is 0.359. The van der Waals surface area contributed by atoms with Crippen LogP contribution in [0.2, 0.25) is 0 Å². The van der Waals surface area contributed by atoms with Crippen molar-refractivity contribution in [3.8, 4) is 0 Å². The Balaban J connectivity index is 3.57. The third kappa shape index (κ3) is 1.92. The van der Waals surface area contributed by atoms with E-state index in [-0.39, 0.29) is 0 Å². The maximum Gasteiger partial charge on any atom is 0.312 e. The summed E-state index contributed by atoms with van der Waals surface area (Å²) in [5, 5.41) is 31.0. The van der Waals surface area contributed by atoms with Crippen molar-refractivity contribution in [2.24, 2.45) is 0 Å². The molecule has 0 spiro atoms. The fourth-order valence-corrected chi connectivity index (χ4v) is 0.978. The molecule has 0 bridgehead atoms. The van der Waals surface area contributed by atoms with Crippen LogP contribution in [0.5, 0.6) is 0 Å². The van der Waals surface area contributed by atoms with Gasteiger partial charge in [-0.05, 0) is 0 Å². The maximum absolute atomic E-state index is 13.1. The van der Waals surface area contributed by atoms with Gasteiger partial charge in [-0.3, -0.25) is 20.2 Å². The van der Waals surface area contributed by atoms with E-state index in [1.54, 1.807) is 0 Å². The number of carboxylic acid groups (broad SMARTS) is 1. The van der Waals surface area contributed by atoms with Crippen molar-refractivity contribution < 1.29 is 24.1 Å². The van der Waals surface area contributed by atoms with Crippen LogP contribution in [0.15, 0.2) is 12.1 Å². The molecule has 0 aliphatic heterocycles. The lowest BCUT2D eigenvalue weighted by atomic mass is 10.1. The molecule has 0 unspecified atom stereocenters. The highest BCUT2D eigenvalue weighted by atomic mass is 19.1. The van der Waals surface area contributed by atoms with Gasteiger partial charge in [-0.25, -0.2) is 0 Å². The lowest BCUT2D eigenvalue weighted by molar-refractivity contribution is -0.399. The molecule has 0 fully saturated rings. The third-order valence-electron chi connectivity index (χ3n) is 1.66. The normalized spacial score (nSPS) is 9.81. The van der Waals surface area contributed by atoms with Gasteiger partial charge in [-0.2, -0.15) is 4.39 Å². The van der Waals surface area contributed by atoms with Crippen LogP contribution in [-0.4, -0.2) is 15.8 Å². The number of rotatable bonds is 3. The lowest BCUT2D eigenvalue weighted by Crippen LogP contribution is -2.22. The van der Waals surface area contributed by atoms with Gasteiger partial charge in [-0.1, -0.05) is 0 Å². The summed E-state index contributed by atoms with van der Waals surface area (Å²) in [5.41, 5.74) is -3.40. The van der Waals surface area contributed by atoms with Gasteiger partial charge in [0.25, 0.3) is 5.82 Å². The standard InChI is InChI=1S/C7H3FN2O6/c8-6-4(9(13)14)1-3(7(11)12)2-5(6)10(15)16/h1-2H,(H,11,12)/p-1. The number of nitrogens with zero attached hydrogens (tertiary/aromatic N) is 2. The first-order valence-corrected chi connectivity index (χ1v) is 3.68. The van der Waals surface area contributed by atoms with Gasteiger partial charge >= 0.3 is 11.4 Å². The Morgan fingerprint density at radius 1 is 1.12 bits per heavy atom. The van der Waals surface area contributed by atoms with Crippen molar-refractivity contribution in [3.63, 3.8) is 0 Å². The van der Waals surface area contributed by atoms with Crippen LogP contribution in [0, 0.1) is 26.0 Å². The van der Waals surface area contributed by atoms with E-state index in [9.17, 15) is 34.5 Å². The van der Waals surface area contributed by atoms with E-state index in [1.165, 1.54) is 0 Å². The smallest absolute Gasteiger partial charge is 0.312 e. The number of carbonyl (C=O) groups excluding carboxylic acids is 1. The molecule has 0 heterocycles. The van der Waals surface area contributed by atoms with Crippen molar-refractivity contribution in [1.82, 2.24) is 0 Å². The minimum Gasteiger partial charge on any atom is -0.545 e. The van der Waals surface area contributed by atoms with Crippen molar-refractivity contribution in [3.05, 3.63) is 43.7 Å². The molecule has 0 atom stereocenters. The molecule has 0 N–H and O–H groups in total. The Hall–Kier alpha value is -2.58. The zero-order chi connectivity index (χ0) is 12.5. The Morgan fingerprint density at radius 3 is 1.75 bits per heavy atom. The molecule has 1 aromatic carbocycles. The van der Waals surface area contributed by atoms with Gasteiger partial charge in [0, 0.05) is 17.7 Å². The highest BCUT2D eigenvalue weighted by Gasteiger charge is 2.27. The van der Waals surface area contributed by atoms with Crippen LogP contribution in [0.25, 0.3) is 0 Å². The number of aromatic carboxylic acids is 1. The summed E-state index contributed by atoms with van der Waals surface area (Å²) in [4.78, 5) is 28.5. The van der Waals surface area contributed by atoms with Gasteiger partial charge in [0.1, 0.15) is 0 Å². The highest BCUT2D eigenvalue weighted by Crippen LogP contribution is 2.27. The molecular formula is C7H2FN2O6-. The zero-order valence-corrected chi connectivity index (χ0v) is 7.38. The summed E-state index contributed by atoms with van der Waals surface area (Å²) in [6, 6.07) is 0.718. The van der Waals surface area contributed by atoms with E-state index in [0.717, 1.165) is 0 Å². The number of nitro groups is 2. The van der Waals surface area contributed by atoms with Gasteiger partial charge in [0.15, 0.2) is 0 Å². The molecule has 8 nitrogen and oxygen atoms in total. The summed E-state index contributed by atoms with van der Waals surface area (Å²) in [6.07, 6.45) is 0. The Labute approximate surface area is 86.2 Å². The topological polar surface area (TPSA) is 126 Å². The SMILES string of the molecule is O=C([O-])c1cc([N+](=O)[O-])c(F)c([N+](=O)[O-])c1. The average Bonchev–Trinajstić information content (AvgIpc) is 2.16. The molecule has 0 saturated carbocycles. The van der Waals surface area contributed by atoms with Crippen LogP contribution in [-0.2, 0) is 0 Å². The fourth-order valence-electron chi connectivity index (χ4n) is 0.978. The Kier molecular flexibility index (Phi) is 2.79. The molecule has 9 heteroatoms. The second kappa shape index (κ2) is 3.88. The minimum atomic E-state index is -1.87. The maximum atomic E-state index is 13.1. The van der Waals surface area contributed by atoms with Crippen molar-refractivity contribution in [1.29, 1.82) is 0 Å². The lowest BCUT2D eigenvalue weighted by Gasteiger charge is -2.02. The van der Waals surface area contributed by atoms with Crippen LogP contribution in [0.1, 0.15) is 10.4 Å². The first-order chi connectivity index (χ1) is 7.34. The predicted octanol–water partition coefficient (Wildman–Crippen LogP) is 0.00560. The monoisotopic (exact) mass is 229 g/mol. The van der Waals surface area contributed by atoms with E-state index in [1.807, 2.05) is 0 Å². The van der Waals surface area contributed by atoms with E-state index in [0.29, 0.717) is 12.1 Å². The molecule has 0 aliphatic carbocycles. The van der Waals surface area contributed by atoms with E-state index in [4.69, 9.17) is 0 Å². The summed E-state index contributed by atoms with van der Waals surface area (Å²) >= 11 is 0. The van der Waals surface area contributed by atoms with Gasteiger partial charge in [0.2, 0.25) is 0 Å². The average molecular weight is 229 g/mol. The number of halogens is 1. The van der Waals surface area contributed by atoms with Crippen molar-refractivity contribution in [2.75, 3.05) is 0 Å². The molecule has 84 valence electrons. The predicted molar refractivity (Wildman–Crippen MR) is 44.0 cm³/mol. The van der Waals surface area contributed by atoms with Crippen LogP contribution < -0.4 is 5.11 Å². The van der Waals surface area contributed by atoms with E-state index < -0.39 is 38.6 Å². The second-order valence-corrected chi connectivity index (χ2v) is 2.63. The molecular weight excluding hydrogens is 227 g/mol. The number of hydrogen-bond donors (Lipinski definition) is 0. The number of carboxylic acids is 1. The summed E-state index contributed by atoms with van der Waals surface area (Å²) in [5.74, 6) is -3.56. The van der Waals surface area contributed by atoms with Gasteiger partial charge in [0.05, 0.1) is 15.8 Å². The quantitative estimate of drug-likeness (QED) is 0.530. The Morgan fingerprint density at radius 2 is 1.50 bits per heavy atom. The number of benzene rings is 1. The molecule has 0 aromatic heterocycles. The first-order valence-electron chi connectivity index (χ1n) is 3.68. The van der Waals surface area contributed by atoms with E-state index in [2.05, 4.69) is 0 Å². The number of nitro benzene ring substituents is 2. The van der Waals surface area contributed by atoms with Gasteiger partial charge in [-0.15, -0.1) is 0 Å². The van der Waals surface area contributed by atoms with Crippen LogP contribution in [0.3, 0.4) is 0 Å². The molecule has 1 rings (SSSR count). The fraction of sp³-hybridized carbons (Fsp3) is 0. The summed E-state index contributed by atoms with van der Waals surface area (Å²) < 4.78 is 13.1. The van der Waals surface area contributed by atoms with Crippen molar-refractivity contribution in [2.45, 2.75) is 0 Å². The van der Waals surface area contributed by atoms with Crippen molar-refractivity contribution >= 4 is 17.3 Å². The first kappa shape index (κ1) is 11.5. The van der Waals surface area contributed by atoms with Crippen LogP contribution >= 0.6 is 0 Å². The van der Waals surface area contributed by atoms with Gasteiger partial charge < -0.3 is 9.90 Å². The largest absolute Gasteiger partial charge is 0.545 e. The number of carbonyl (C=O) groups is 1. The third-order valence-corrected chi connectivity index (χ3v) is 1.66. The molecule has 0 amide bonds. The zero-order valence-electron chi connectivity index (χ0n) is 7.38. The number of hydrogen-bond acceptors (Lipinski definition) is 6. The summed E-state index contributed by atoms with van der Waals surface area (Å²) in [6.45, 7) is 0. The molecule has 16 heavy (non-hydrogen) atoms. The van der Waals surface area contributed by atoms with Crippen LogP contribution in [0.4, 0.5) is 15.8 Å². The van der Waals surface area contributed by atoms with E-state index >= 15 is 0 Å².